The molecule has 0 radical (unpaired) electrons. The van der Waals surface area contributed by atoms with Crippen LogP contribution in [0.2, 0.25) is 0 Å². The van der Waals surface area contributed by atoms with Crippen molar-refractivity contribution in [3.05, 3.63) is 12.4 Å². The van der Waals surface area contributed by atoms with Gasteiger partial charge in [0.2, 0.25) is 5.95 Å². The van der Waals surface area contributed by atoms with Crippen molar-refractivity contribution >= 4 is 5.95 Å². The predicted octanol–water partition coefficient (Wildman–Crippen LogP) is 0.790. The second-order valence-electron chi connectivity index (χ2n) is 4.82. The van der Waals surface area contributed by atoms with Crippen LogP contribution in [-0.4, -0.2) is 53.3 Å². The summed E-state index contributed by atoms with van der Waals surface area (Å²) < 4.78 is 7.56. The highest BCUT2D eigenvalue weighted by Gasteiger charge is 2.22. The maximum Gasteiger partial charge on any atom is 0.203 e. The lowest BCUT2D eigenvalue weighted by Crippen LogP contribution is -2.38. The summed E-state index contributed by atoms with van der Waals surface area (Å²) in [5.41, 5.74) is 0. The zero-order chi connectivity index (χ0) is 11.5. The summed E-state index contributed by atoms with van der Waals surface area (Å²) in [6.45, 7) is 5.95. The number of anilines is 1. The molecule has 0 aromatic carbocycles. The van der Waals surface area contributed by atoms with E-state index in [0.29, 0.717) is 6.04 Å². The first kappa shape index (κ1) is 11.0. The molecule has 0 atom stereocenters. The summed E-state index contributed by atoms with van der Waals surface area (Å²) in [6.07, 6.45) is 6.52. The zero-order valence-corrected chi connectivity index (χ0v) is 10.1. The third-order valence-electron chi connectivity index (χ3n) is 3.39. The van der Waals surface area contributed by atoms with Gasteiger partial charge < -0.3 is 14.6 Å². The SMILES string of the molecule is c1cn(CCN2CCOCC2)c(NC2CC2)n1. The molecule has 2 fully saturated rings. The number of rotatable bonds is 5. The van der Waals surface area contributed by atoms with Crippen LogP contribution in [0.1, 0.15) is 12.8 Å². The molecule has 3 rings (SSSR count). The molecule has 5 heteroatoms. The number of aromatic nitrogens is 2. The lowest BCUT2D eigenvalue weighted by Gasteiger charge is -2.26. The van der Waals surface area contributed by atoms with Crippen LogP contribution in [0.25, 0.3) is 0 Å². The smallest absolute Gasteiger partial charge is 0.203 e. The van der Waals surface area contributed by atoms with E-state index in [-0.39, 0.29) is 0 Å². The van der Waals surface area contributed by atoms with Gasteiger partial charge in [0, 0.05) is 44.6 Å². The van der Waals surface area contributed by atoms with Crippen molar-refractivity contribution in [1.29, 1.82) is 0 Å². The van der Waals surface area contributed by atoms with Crippen molar-refractivity contribution in [2.24, 2.45) is 0 Å². The van der Waals surface area contributed by atoms with E-state index in [1.807, 2.05) is 6.20 Å². The van der Waals surface area contributed by atoms with Crippen LogP contribution in [0.5, 0.6) is 0 Å². The van der Waals surface area contributed by atoms with E-state index in [9.17, 15) is 0 Å². The van der Waals surface area contributed by atoms with Gasteiger partial charge in [0.1, 0.15) is 0 Å². The summed E-state index contributed by atoms with van der Waals surface area (Å²) in [4.78, 5) is 6.82. The first-order valence-corrected chi connectivity index (χ1v) is 6.49. The molecule has 2 aliphatic rings. The highest BCUT2D eigenvalue weighted by atomic mass is 16.5. The Bertz CT molecular complexity index is 355. The van der Waals surface area contributed by atoms with E-state index in [2.05, 4.69) is 26.0 Å². The van der Waals surface area contributed by atoms with Crippen LogP contribution in [0, 0.1) is 0 Å². The summed E-state index contributed by atoms with van der Waals surface area (Å²) in [7, 11) is 0. The van der Waals surface area contributed by atoms with Crippen LogP contribution in [0.4, 0.5) is 5.95 Å². The van der Waals surface area contributed by atoms with Gasteiger partial charge in [-0.25, -0.2) is 4.98 Å². The van der Waals surface area contributed by atoms with Crippen molar-refractivity contribution in [2.75, 3.05) is 38.2 Å². The zero-order valence-electron chi connectivity index (χ0n) is 10.1. The van der Waals surface area contributed by atoms with Gasteiger partial charge in [-0.2, -0.15) is 0 Å². The topological polar surface area (TPSA) is 42.3 Å². The van der Waals surface area contributed by atoms with Gasteiger partial charge in [0.15, 0.2) is 0 Å². The minimum Gasteiger partial charge on any atom is -0.379 e. The lowest BCUT2D eigenvalue weighted by atomic mass is 10.4. The summed E-state index contributed by atoms with van der Waals surface area (Å²) in [5, 5.41) is 3.46. The molecule has 17 heavy (non-hydrogen) atoms. The van der Waals surface area contributed by atoms with Crippen molar-refractivity contribution in [2.45, 2.75) is 25.4 Å². The Kier molecular flexibility index (Phi) is 3.29. The molecule has 2 heterocycles. The molecule has 1 aromatic rings. The van der Waals surface area contributed by atoms with Crippen molar-refractivity contribution in [3.8, 4) is 0 Å². The molecule has 1 saturated heterocycles. The molecule has 94 valence electrons. The molecule has 0 amide bonds. The Morgan fingerprint density at radius 2 is 2.12 bits per heavy atom. The molecule has 1 aliphatic heterocycles. The van der Waals surface area contributed by atoms with Gasteiger partial charge in [-0.1, -0.05) is 0 Å². The van der Waals surface area contributed by atoms with Gasteiger partial charge >= 0.3 is 0 Å². The van der Waals surface area contributed by atoms with Crippen molar-refractivity contribution in [1.82, 2.24) is 14.5 Å². The second kappa shape index (κ2) is 5.06. The third-order valence-corrected chi connectivity index (χ3v) is 3.39. The maximum absolute atomic E-state index is 5.35. The highest BCUT2D eigenvalue weighted by Crippen LogP contribution is 2.23. The van der Waals surface area contributed by atoms with E-state index in [0.717, 1.165) is 45.3 Å². The molecule has 1 saturated carbocycles. The van der Waals surface area contributed by atoms with E-state index in [1.54, 1.807) is 0 Å². The van der Waals surface area contributed by atoms with Crippen LogP contribution in [0.3, 0.4) is 0 Å². The number of hydrogen-bond donors (Lipinski definition) is 1. The van der Waals surface area contributed by atoms with Gasteiger partial charge in [0.05, 0.1) is 13.2 Å². The maximum atomic E-state index is 5.35. The standard InChI is InChI=1S/C12H20N4O/c1-2-11(1)14-12-13-3-4-16(12)6-5-15-7-9-17-10-8-15/h3-4,11H,1-2,5-10H2,(H,13,14). The van der Waals surface area contributed by atoms with E-state index in [4.69, 9.17) is 4.74 Å². The fourth-order valence-electron chi connectivity index (χ4n) is 2.11. The molecule has 5 nitrogen and oxygen atoms in total. The normalized spacial score (nSPS) is 21.6. The van der Waals surface area contributed by atoms with Crippen LogP contribution in [-0.2, 0) is 11.3 Å². The largest absolute Gasteiger partial charge is 0.379 e. The highest BCUT2D eigenvalue weighted by molar-refractivity contribution is 5.29. The molecule has 1 aromatic heterocycles. The molecule has 0 spiro atoms. The summed E-state index contributed by atoms with van der Waals surface area (Å²) in [6, 6.07) is 0.666. The Morgan fingerprint density at radius 3 is 2.88 bits per heavy atom. The van der Waals surface area contributed by atoms with Crippen molar-refractivity contribution < 1.29 is 4.74 Å². The number of nitrogens with zero attached hydrogens (tertiary/aromatic N) is 3. The number of hydrogen-bond acceptors (Lipinski definition) is 4. The van der Waals surface area contributed by atoms with Gasteiger partial charge in [-0.05, 0) is 12.8 Å². The van der Waals surface area contributed by atoms with Crippen LogP contribution >= 0.6 is 0 Å². The molecular formula is C12H20N4O. The minimum atomic E-state index is 0.666. The monoisotopic (exact) mass is 236 g/mol. The summed E-state index contributed by atoms with van der Waals surface area (Å²) in [5.74, 6) is 1.03. The average molecular weight is 236 g/mol. The first-order valence-electron chi connectivity index (χ1n) is 6.49. The van der Waals surface area contributed by atoms with Crippen LogP contribution < -0.4 is 5.32 Å². The fourth-order valence-corrected chi connectivity index (χ4v) is 2.11. The van der Waals surface area contributed by atoms with E-state index in [1.165, 1.54) is 12.8 Å². The van der Waals surface area contributed by atoms with E-state index >= 15 is 0 Å². The van der Waals surface area contributed by atoms with Gasteiger partial charge in [-0.15, -0.1) is 0 Å². The quantitative estimate of drug-likeness (QED) is 0.821. The predicted molar refractivity (Wildman–Crippen MR) is 66.1 cm³/mol. The minimum absolute atomic E-state index is 0.666. The van der Waals surface area contributed by atoms with Gasteiger partial charge in [0.25, 0.3) is 0 Å². The molecule has 0 bridgehead atoms. The number of morpholine rings is 1. The number of imidazole rings is 1. The first-order chi connectivity index (χ1) is 8.42. The number of ether oxygens (including phenoxy) is 1. The molecular weight excluding hydrogens is 216 g/mol. The summed E-state index contributed by atoms with van der Waals surface area (Å²) >= 11 is 0. The molecule has 1 aliphatic carbocycles. The average Bonchev–Trinajstić information content (AvgIpc) is 3.07. The van der Waals surface area contributed by atoms with Crippen LogP contribution in [0.15, 0.2) is 12.4 Å². The van der Waals surface area contributed by atoms with Crippen molar-refractivity contribution in [3.63, 3.8) is 0 Å². The Hall–Kier alpha value is -1.07. The Balaban J connectivity index is 1.51. The molecule has 0 unspecified atom stereocenters. The number of nitrogens with one attached hydrogen (secondary N) is 1. The fraction of sp³-hybridized carbons (Fsp3) is 0.750. The Labute approximate surface area is 102 Å². The second-order valence-corrected chi connectivity index (χ2v) is 4.82. The lowest BCUT2D eigenvalue weighted by molar-refractivity contribution is 0.0364. The third kappa shape index (κ3) is 2.98. The molecule has 1 N–H and O–H groups in total. The van der Waals surface area contributed by atoms with Gasteiger partial charge in [-0.3, -0.25) is 4.90 Å². The Morgan fingerprint density at radius 1 is 1.29 bits per heavy atom. The van der Waals surface area contributed by atoms with E-state index < -0.39 is 0 Å².